The largest absolute Gasteiger partial charge is 0.462 e. The van der Waals surface area contributed by atoms with Crippen LogP contribution in [0, 0.1) is 6.92 Å². The molecule has 0 radical (unpaired) electrons. The maximum absolute atomic E-state index is 11.8. The molecule has 108 valence electrons. The summed E-state index contributed by atoms with van der Waals surface area (Å²) in [5, 5.41) is 1.04. The molecular formula is C16H17N3O2. The molecule has 2 aromatic heterocycles. The van der Waals surface area contributed by atoms with E-state index in [2.05, 4.69) is 15.0 Å². The Bertz CT molecular complexity index is 772. The van der Waals surface area contributed by atoms with Crippen LogP contribution in [-0.2, 0) is 11.2 Å². The Labute approximate surface area is 122 Å². The summed E-state index contributed by atoms with van der Waals surface area (Å²) >= 11 is 0. The number of fused-ring (bicyclic) bond motifs is 1. The fraction of sp³-hybridized carbons (Fsp3) is 0.250. The lowest BCUT2D eigenvalue weighted by Gasteiger charge is -2.01. The van der Waals surface area contributed by atoms with Crippen molar-refractivity contribution in [1.82, 2.24) is 15.0 Å². The minimum absolute atomic E-state index is 0.285. The Morgan fingerprint density at radius 2 is 2.24 bits per heavy atom. The van der Waals surface area contributed by atoms with Gasteiger partial charge < -0.3 is 14.7 Å². The van der Waals surface area contributed by atoms with Gasteiger partial charge in [-0.15, -0.1) is 0 Å². The van der Waals surface area contributed by atoms with Crippen LogP contribution in [0.2, 0.25) is 0 Å². The summed E-state index contributed by atoms with van der Waals surface area (Å²) in [5.41, 5.74) is 3.83. The zero-order valence-electron chi connectivity index (χ0n) is 12.1. The van der Waals surface area contributed by atoms with Gasteiger partial charge in [0, 0.05) is 35.4 Å². The maximum Gasteiger partial charge on any atom is 0.338 e. The number of nitrogens with zero attached hydrogens (tertiary/aromatic N) is 1. The van der Waals surface area contributed by atoms with Crippen LogP contribution in [0.1, 0.15) is 34.4 Å². The summed E-state index contributed by atoms with van der Waals surface area (Å²) in [5.74, 6) is 0.628. The number of ether oxygens (including phenoxy) is 1. The first-order chi connectivity index (χ1) is 10.2. The number of hydrogen-bond donors (Lipinski definition) is 2. The minimum Gasteiger partial charge on any atom is -0.462 e. The molecule has 3 rings (SSSR count). The Kier molecular flexibility index (Phi) is 3.48. The number of nitrogens with one attached hydrogen (secondary N) is 2. The normalized spacial score (nSPS) is 11.0. The van der Waals surface area contributed by atoms with Gasteiger partial charge in [-0.2, -0.15) is 0 Å². The quantitative estimate of drug-likeness (QED) is 0.723. The van der Waals surface area contributed by atoms with Gasteiger partial charge >= 0.3 is 5.97 Å². The number of H-pyrrole nitrogens is 2. The van der Waals surface area contributed by atoms with E-state index < -0.39 is 0 Å². The summed E-state index contributed by atoms with van der Waals surface area (Å²) in [6.45, 7) is 4.23. The lowest BCUT2D eigenvalue weighted by Crippen LogP contribution is -2.04. The van der Waals surface area contributed by atoms with Crippen molar-refractivity contribution in [2.75, 3.05) is 6.61 Å². The number of rotatable bonds is 4. The predicted octanol–water partition coefficient (Wildman–Crippen LogP) is 2.97. The number of carbonyl (C=O) groups excluding carboxylic acids is 1. The molecular weight excluding hydrogens is 266 g/mol. The zero-order valence-corrected chi connectivity index (χ0v) is 12.1. The van der Waals surface area contributed by atoms with Crippen molar-refractivity contribution in [1.29, 1.82) is 0 Å². The molecule has 2 heterocycles. The third kappa shape index (κ3) is 2.54. The first-order valence-electron chi connectivity index (χ1n) is 6.95. The van der Waals surface area contributed by atoms with E-state index in [1.165, 1.54) is 0 Å². The monoisotopic (exact) mass is 283 g/mol. The van der Waals surface area contributed by atoms with Crippen LogP contribution in [-0.4, -0.2) is 27.5 Å². The minimum atomic E-state index is -0.285. The number of aryl methyl sites for hydroxylation is 1. The molecule has 5 heteroatoms. The van der Waals surface area contributed by atoms with Crippen molar-refractivity contribution >= 4 is 16.9 Å². The summed E-state index contributed by atoms with van der Waals surface area (Å²) in [6.07, 6.45) is 4.26. The Hall–Kier alpha value is -2.56. The molecule has 0 atom stereocenters. The van der Waals surface area contributed by atoms with Gasteiger partial charge in [0.05, 0.1) is 12.2 Å². The van der Waals surface area contributed by atoms with Crippen LogP contribution in [0.4, 0.5) is 0 Å². The molecule has 5 nitrogen and oxygen atoms in total. The highest BCUT2D eigenvalue weighted by Gasteiger charge is 2.13. The molecule has 0 saturated carbocycles. The number of esters is 1. The second-order valence-corrected chi connectivity index (χ2v) is 4.92. The second-order valence-electron chi connectivity index (χ2n) is 4.92. The van der Waals surface area contributed by atoms with E-state index >= 15 is 0 Å². The van der Waals surface area contributed by atoms with Crippen LogP contribution in [0.25, 0.3) is 10.9 Å². The molecule has 0 spiro atoms. The molecule has 0 saturated heterocycles. The molecule has 0 aliphatic carbocycles. The lowest BCUT2D eigenvalue weighted by molar-refractivity contribution is 0.0526. The van der Waals surface area contributed by atoms with Gasteiger partial charge in [0.25, 0.3) is 0 Å². The fourth-order valence-corrected chi connectivity index (χ4v) is 2.46. The molecule has 0 aliphatic heterocycles. The molecule has 0 bridgehead atoms. The number of imidazole rings is 1. The highest BCUT2D eigenvalue weighted by Crippen LogP contribution is 2.24. The third-order valence-electron chi connectivity index (χ3n) is 3.57. The van der Waals surface area contributed by atoms with Gasteiger partial charge in [0.15, 0.2) is 0 Å². The summed E-state index contributed by atoms with van der Waals surface area (Å²) in [6, 6.07) is 5.58. The van der Waals surface area contributed by atoms with E-state index in [0.717, 1.165) is 28.0 Å². The SMILES string of the molecule is CCOC(=O)c1ccc2[nH]c(Cc3ncc[nH]3)c(C)c2c1. The van der Waals surface area contributed by atoms with Gasteiger partial charge in [-0.1, -0.05) is 0 Å². The van der Waals surface area contributed by atoms with Gasteiger partial charge in [-0.3, -0.25) is 0 Å². The van der Waals surface area contributed by atoms with Crippen molar-refractivity contribution in [3.05, 3.63) is 53.2 Å². The summed E-state index contributed by atoms with van der Waals surface area (Å²) < 4.78 is 5.04. The molecule has 0 fully saturated rings. The van der Waals surface area contributed by atoms with E-state index in [0.29, 0.717) is 18.6 Å². The van der Waals surface area contributed by atoms with E-state index in [-0.39, 0.29) is 5.97 Å². The van der Waals surface area contributed by atoms with Crippen molar-refractivity contribution in [3.8, 4) is 0 Å². The van der Waals surface area contributed by atoms with Crippen LogP contribution in [0.5, 0.6) is 0 Å². The van der Waals surface area contributed by atoms with E-state index in [9.17, 15) is 4.79 Å². The Morgan fingerprint density at radius 1 is 1.38 bits per heavy atom. The first-order valence-corrected chi connectivity index (χ1v) is 6.95. The maximum atomic E-state index is 11.8. The van der Waals surface area contributed by atoms with Crippen LogP contribution < -0.4 is 0 Å². The summed E-state index contributed by atoms with van der Waals surface area (Å²) in [4.78, 5) is 22.5. The highest BCUT2D eigenvalue weighted by molar-refractivity contribution is 5.96. The summed E-state index contributed by atoms with van der Waals surface area (Å²) in [7, 11) is 0. The second kappa shape index (κ2) is 5.44. The van der Waals surface area contributed by atoms with Gasteiger partial charge in [-0.05, 0) is 37.6 Å². The number of carbonyl (C=O) groups is 1. The molecule has 21 heavy (non-hydrogen) atoms. The van der Waals surface area contributed by atoms with Crippen molar-refractivity contribution < 1.29 is 9.53 Å². The van der Waals surface area contributed by atoms with Crippen LogP contribution in [0.15, 0.2) is 30.6 Å². The standard InChI is InChI=1S/C16H17N3O2/c1-3-21-16(20)11-4-5-13-12(8-11)10(2)14(19-13)9-15-17-6-7-18-15/h4-8,19H,3,9H2,1-2H3,(H,17,18). The fourth-order valence-electron chi connectivity index (χ4n) is 2.46. The molecule has 0 amide bonds. The topological polar surface area (TPSA) is 70.8 Å². The van der Waals surface area contributed by atoms with E-state index in [4.69, 9.17) is 4.74 Å². The predicted molar refractivity (Wildman–Crippen MR) is 80.4 cm³/mol. The third-order valence-corrected chi connectivity index (χ3v) is 3.57. The number of aromatic amines is 2. The molecule has 0 unspecified atom stereocenters. The lowest BCUT2D eigenvalue weighted by atomic mass is 10.1. The van der Waals surface area contributed by atoms with E-state index in [1.54, 1.807) is 19.2 Å². The average molecular weight is 283 g/mol. The zero-order chi connectivity index (χ0) is 14.8. The van der Waals surface area contributed by atoms with Crippen LogP contribution in [0.3, 0.4) is 0 Å². The first kappa shape index (κ1) is 13.4. The highest BCUT2D eigenvalue weighted by atomic mass is 16.5. The Balaban J connectivity index is 1.98. The molecule has 1 aromatic carbocycles. The average Bonchev–Trinajstić information content (AvgIpc) is 3.09. The van der Waals surface area contributed by atoms with Crippen molar-refractivity contribution in [3.63, 3.8) is 0 Å². The van der Waals surface area contributed by atoms with E-state index in [1.807, 2.05) is 25.3 Å². The smallest absolute Gasteiger partial charge is 0.338 e. The van der Waals surface area contributed by atoms with Gasteiger partial charge in [0.1, 0.15) is 5.82 Å². The molecule has 3 aromatic rings. The van der Waals surface area contributed by atoms with Crippen molar-refractivity contribution in [2.24, 2.45) is 0 Å². The molecule has 0 aliphatic rings. The van der Waals surface area contributed by atoms with Gasteiger partial charge in [0.2, 0.25) is 0 Å². The van der Waals surface area contributed by atoms with Gasteiger partial charge in [-0.25, -0.2) is 9.78 Å². The molecule has 2 N–H and O–H groups in total. The number of benzene rings is 1. The van der Waals surface area contributed by atoms with Crippen LogP contribution >= 0.6 is 0 Å². The van der Waals surface area contributed by atoms with Crippen molar-refractivity contribution in [2.45, 2.75) is 20.3 Å². The number of aromatic nitrogens is 3. The number of hydrogen-bond acceptors (Lipinski definition) is 3. The Morgan fingerprint density at radius 3 is 2.95 bits per heavy atom.